The maximum Gasteiger partial charge on any atom is 0.139 e. The SMILES string of the molecule is CCn1nc(-c2ccccn2)cc1C#N. The molecule has 0 atom stereocenters. The van der Waals surface area contributed by atoms with Crippen LogP contribution in [-0.4, -0.2) is 14.8 Å². The number of rotatable bonds is 2. The van der Waals surface area contributed by atoms with Crippen molar-refractivity contribution in [3.05, 3.63) is 36.2 Å². The molecule has 0 unspecified atom stereocenters. The van der Waals surface area contributed by atoms with Crippen LogP contribution in [0, 0.1) is 11.3 Å². The molecule has 0 bridgehead atoms. The van der Waals surface area contributed by atoms with Crippen molar-refractivity contribution in [2.75, 3.05) is 0 Å². The van der Waals surface area contributed by atoms with Crippen LogP contribution in [0.2, 0.25) is 0 Å². The van der Waals surface area contributed by atoms with E-state index in [1.807, 2.05) is 25.1 Å². The lowest BCUT2D eigenvalue weighted by Crippen LogP contribution is -1.99. The number of pyridine rings is 1. The third-order valence-corrected chi connectivity index (χ3v) is 2.12. The maximum atomic E-state index is 8.88. The highest BCUT2D eigenvalue weighted by Crippen LogP contribution is 2.15. The first-order chi connectivity index (χ1) is 7.35. The summed E-state index contributed by atoms with van der Waals surface area (Å²) in [5, 5.41) is 13.2. The van der Waals surface area contributed by atoms with Gasteiger partial charge in [-0.3, -0.25) is 9.67 Å². The van der Waals surface area contributed by atoms with Gasteiger partial charge in [0.05, 0.1) is 5.69 Å². The molecule has 74 valence electrons. The molecule has 0 aliphatic carbocycles. The fourth-order valence-corrected chi connectivity index (χ4v) is 1.39. The monoisotopic (exact) mass is 198 g/mol. The summed E-state index contributed by atoms with van der Waals surface area (Å²) >= 11 is 0. The minimum atomic E-state index is 0.568. The number of hydrogen-bond acceptors (Lipinski definition) is 3. The molecule has 2 aromatic heterocycles. The molecule has 0 spiro atoms. The molecule has 15 heavy (non-hydrogen) atoms. The normalized spacial score (nSPS) is 9.87. The zero-order valence-corrected chi connectivity index (χ0v) is 8.38. The van der Waals surface area contributed by atoms with Crippen LogP contribution in [0.3, 0.4) is 0 Å². The van der Waals surface area contributed by atoms with Gasteiger partial charge in [0, 0.05) is 18.8 Å². The number of nitriles is 1. The molecule has 0 N–H and O–H groups in total. The van der Waals surface area contributed by atoms with Gasteiger partial charge >= 0.3 is 0 Å². The second-order valence-corrected chi connectivity index (χ2v) is 3.06. The van der Waals surface area contributed by atoms with Gasteiger partial charge in [-0.15, -0.1) is 0 Å². The summed E-state index contributed by atoms with van der Waals surface area (Å²) in [6.45, 7) is 2.64. The third-order valence-electron chi connectivity index (χ3n) is 2.12. The first-order valence-electron chi connectivity index (χ1n) is 4.74. The Kier molecular flexibility index (Phi) is 2.46. The second-order valence-electron chi connectivity index (χ2n) is 3.06. The quantitative estimate of drug-likeness (QED) is 0.739. The molecule has 4 heteroatoms. The molecule has 0 aromatic carbocycles. The van der Waals surface area contributed by atoms with Crippen LogP contribution in [0.15, 0.2) is 30.5 Å². The van der Waals surface area contributed by atoms with Crippen molar-refractivity contribution in [3.63, 3.8) is 0 Å². The largest absolute Gasteiger partial charge is 0.255 e. The Bertz CT molecular complexity index is 493. The van der Waals surface area contributed by atoms with Crippen molar-refractivity contribution < 1.29 is 0 Å². The van der Waals surface area contributed by atoms with Crippen LogP contribution in [0.1, 0.15) is 12.6 Å². The van der Waals surface area contributed by atoms with Gasteiger partial charge in [-0.1, -0.05) is 6.07 Å². The van der Waals surface area contributed by atoms with Crippen molar-refractivity contribution >= 4 is 0 Å². The van der Waals surface area contributed by atoms with Crippen LogP contribution < -0.4 is 0 Å². The lowest BCUT2D eigenvalue weighted by Gasteiger charge is -1.95. The maximum absolute atomic E-state index is 8.88. The number of nitrogens with zero attached hydrogens (tertiary/aromatic N) is 4. The standard InChI is InChI=1S/C11H10N4/c1-2-15-9(8-12)7-11(14-15)10-5-3-4-6-13-10/h3-7H,2H2,1H3. The number of aryl methyl sites for hydroxylation is 1. The van der Waals surface area contributed by atoms with Crippen LogP contribution in [0.25, 0.3) is 11.4 Å². The zero-order chi connectivity index (χ0) is 10.7. The van der Waals surface area contributed by atoms with Crippen LogP contribution >= 0.6 is 0 Å². The van der Waals surface area contributed by atoms with Crippen LogP contribution in [-0.2, 0) is 6.54 Å². The molecular formula is C11H10N4. The Labute approximate surface area is 87.8 Å². The predicted molar refractivity (Wildman–Crippen MR) is 55.8 cm³/mol. The molecule has 2 aromatic rings. The fraction of sp³-hybridized carbons (Fsp3) is 0.182. The summed E-state index contributed by atoms with van der Waals surface area (Å²) < 4.78 is 1.67. The van der Waals surface area contributed by atoms with E-state index in [0.717, 1.165) is 11.4 Å². The van der Waals surface area contributed by atoms with Crippen molar-refractivity contribution in [2.24, 2.45) is 0 Å². The number of hydrogen-bond donors (Lipinski definition) is 0. The van der Waals surface area contributed by atoms with Crippen LogP contribution in [0.5, 0.6) is 0 Å². The fourth-order valence-electron chi connectivity index (χ4n) is 1.39. The van der Waals surface area contributed by atoms with Gasteiger partial charge in [0.15, 0.2) is 0 Å². The first-order valence-corrected chi connectivity index (χ1v) is 4.74. The van der Waals surface area contributed by atoms with E-state index in [9.17, 15) is 0 Å². The van der Waals surface area contributed by atoms with Crippen molar-refractivity contribution in [1.29, 1.82) is 5.26 Å². The van der Waals surface area contributed by atoms with E-state index < -0.39 is 0 Å². The lowest BCUT2D eigenvalue weighted by atomic mass is 10.2. The Morgan fingerprint density at radius 2 is 2.27 bits per heavy atom. The highest BCUT2D eigenvalue weighted by atomic mass is 15.3. The Morgan fingerprint density at radius 3 is 2.80 bits per heavy atom. The summed E-state index contributed by atoms with van der Waals surface area (Å²) in [4.78, 5) is 4.19. The van der Waals surface area contributed by atoms with Gasteiger partial charge in [-0.05, 0) is 19.1 Å². The van der Waals surface area contributed by atoms with Gasteiger partial charge in [-0.2, -0.15) is 10.4 Å². The van der Waals surface area contributed by atoms with Gasteiger partial charge in [0.25, 0.3) is 0 Å². The Balaban J connectivity index is 2.48. The van der Waals surface area contributed by atoms with E-state index in [4.69, 9.17) is 5.26 Å². The van der Waals surface area contributed by atoms with E-state index in [1.165, 1.54) is 0 Å². The van der Waals surface area contributed by atoms with E-state index in [2.05, 4.69) is 16.2 Å². The average molecular weight is 198 g/mol. The summed E-state index contributed by atoms with van der Waals surface area (Å²) in [6.07, 6.45) is 1.71. The molecular weight excluding hydrogens is 188 g/mol. The van der Waals surface area contributed by atoms with E-state index in [1.54, 1.807) is 16.9 Å². The minimum absolute atomic E-state index is 0.568. The molecule has 4 nitrogen and oxygen atoms in total. The topological polar surface area (TPSA) is 54.5 Å². The highest BCUT2D eigenvalue weighted by Gasteiger charge is 2.07. The molecule has 0 saturated heterocycles. The van der Waals surface area contributed by atoms with Gasteiger partial charge < -0.3 is 0 Å². The van der Waals surface area contributed by atoms with Gasteiger partial charge in [0.2, 0.25) is 0 Å². The van der Waals surface area contributed by atoms with Gasteiger partial charge in [-0.25, -0.2) is 0 Å². The number of aromatic nitrogens is 3. The summed E-state index contributed by atoms with van der Waals surface area (Å²) in [6, 6.07) is 9.50. The van der Waals surface area contributed by atoms with E-state index >= 15 is 0 Å². The summed E-state index contributed by atoms with van der Waals surface area (Å²) in [7, 11) is 0. The van der Waals surface area contributed by atoms with Crippen molar-refractivity contribution in [1.82, 2.24) is 14.8 Å². The molecule has 0 saturated carbocycles. The Hall–Kier alpha value is -2.15. The third kappa shape index (κ3) is 1.72. The zero-order valence-electron chi connectivity index (χ0n) is 8.38. The molecule has 2 heterocycles. The first kappa shape index (κ1) is 9.41. The second kappa shape index (κ2) is 3.93. The van der Waals surface area contributed by atoms with Crippen molar-refractivity contribution in [3.8, 4) is 17.5 Å². The highest BCUT2D eigenvalue weighted by molar-refractivity contribution is 5.55. The smallest absolute Gasteiger partial charge is 0.139 e. The molecule has 0 amide bonds. The van der Waals surface area contributed by atoms with E-state index in [-0.39, 0.29) is 0 Å². The molecule has 0 radical (unpaired) electrons. The summed E-state index contributed by atoms with van der Waals surface area (Å²) in [5.41, 5.74) is 2.10. The Morgan fingerprint density at radius 1 is 1.40 bits per heavy atom. The average Bonchev–Trinajstić information content (AvgIpc) is 2.73. The molecule has 0 aliphatic heterocycles. The van der Waals surface area contributed by atoms with E-state index in [0.29, 0.717) is 12.2 Å². The van der Waals surface area contributed by atoms with Crippen LogP contribution in [0.4, 0.5) is 0 Å². The lowest BCUT2D eigenvalue weighted by molar-refractivity contribution is 0.653. The molecule has 0 fully saturated rings. The minimum Gasteiger partial charge on any atom is -0.255 e. The molecule has 2 rings (SSSR count). The summed E-state index contributed by atoms with van der Waals surface area (Å²) in [5.74, 6) is 0. The van der Waals surface area contributed by atoms with Gasteiger partial charge in [0.1, 0.15) is 17.5 Å². The predicted octanol–water partition coefficient (Wildman–Crippen LogP) is 1.84. The van der Waals surface area contributed by atoms with Crippen molar-refractivity contribution in [2.45, 2.75) is 13.5 Å². The molecule has 0 aliphatic rings.